The lowest BCUT2D eigenvalue weighted by molar-refractivity contribution is -0.155. The minimum Gasteiger partial charge on any atom is -0.463 e. The molecule has 1 fully saturated rings. The molecule has 1 aromatic carbocycles. The average molecular weight is 491 g/mol. The van der Waals surface area contributed by atoms with Gasteiger partial charge in [0.1, 0.15) is 31.4 Å². The van der Waals surface area contributed by atoms with Crippen LogP contribution in [0.15, 0.2) is 43.0 Å². The van der Waals surface area contributed by atoms with E-state index < -0.39 is 41.9 Å². The molecule has 0 radical (unpaired) electrons. The second kappa shape index (κ2) is 9.30. The van der Waals surface area contributed by atoms with Crippen LogP contribution < -0.4 is 5.32 Å². The third-order valence-corrected chi connectivity index (χ3v) is 5.83. The van der Waals surface area contributed by atoms with Crippen molar-refractivity contribution >= 4 is 46.2 Å². The fourth-order valence-electron chi connectivity index (χ4n) is 4.27. The highest BCUT2D eigenvalue weighted by molar-refractivity contribution is 6.50. The molecule has 3 heterocycles. The predicted molar refractivity (Wildman–Crippen MR) is 123 cm³/mol. The van der Waals surface area contributed by atoms with E-state index >= 15 is 0 Å². The zero-order chi connectivity index (χ0) is 25.4. The van der Waals surface area contributed by atoms with Gasteiger partial charge in [-0.2, -0.15) is 0 Å². The van der Waals surface area contributed by atoms with Crippen LogP contribution in [0.5, 0.6) is 0 Å². The topological polar surface area (TPSA) is 152 Å². The Morgan fingerprint density at radius 3 is 2.64 bits per heavy atom. The number of imidazole rings is 1. The molecule has 36 heavy (non-hydrogen) atoms. The molecule has 0 unspecified atom stereocenters. The third-order valence-electron chi connectivity index (χ3n) is 5.83. The summed E-state index contributed by atoms with van der Waals surface area (Å²) in [5.74, 6) is -1.83. The number of esters is 2. The van der Waals surface area contributed by atoms with Crippen LogP contribution in [0.3, 0.4) is 0 Å². The van der Waals surface area contributed by atoms with Gasteiger partial charge in [-0.1, -0.05) is 24.3 Å². The third kappa shape index (κ3) is 4.33. The van der Waals surface area contributed by atoms with Crippen molar-refractivity contribution in [2.24, 2.45) is 0 Å². The van der Waals surface area contributed by atoms with Gasteiger partial charge in [0.15, 0.2) is 17.0 Å². The molecule has 2 aliphatic rings. The van der Waals surface area contributed by atoms with Crippen LogP contribution >= 0.6 is 0 Å². The number of hydrogen-bond donors (Lipinski definition) is 1. The van der Waals surface area contributed by atoms with Crippen LogP contribution in [0.25, 0.3) is 16.9 Å². The smallest absolute Gasteiger partial charge is 0.303 e. The maximum Gasteiger partial charge on any atom is 0.303 e. The summed E-state index contributed by atoms with van der Waals surface area (Å²) in [6.07, 6.45) is 2.49. The van der Waals surface area contributed by atoms with E-state index in [0.717, 1.165) is 0 Å². The summed E-state index contributed by atoms with van der Waals surface area (Å²) in [7, 11) is 0. The lowest BCUT2D eigenvalue weighted by Gasteiger charge is -2.18. The number of aromatic nitrogens is 4. The minimum atomic E-state index is -0.660. The molecule has 0 spiro atoms. The molecule has 0 bridgehead atoms. The average Bonchev–Trinajstić information content (AvgIpc) is 3.45. The molecule has 1 aliphatic heterocycles. The van der Waals surface area contributed by atoms with E-state index in [1.807, 2.05) is 0 Å². The van der Waals surface area contributed by atoms with Gasteiger partial charge in [0.2, 0.25) is 11.6 Å². The highest BCUT2D eigenvalue weighted by atomic mass is 16.6. The Balaban J connectivity index is 1.44. The number of ether oxygens (including phenoxy) is 3. The zero-order valence-corrected chi connectivity index (χ0v) is 19.3. The number of nitrogens with one attached hydrogen (secondary N) is 1. The van der Waals surface area contributed by atoms with Gasteiger partial charge in [-0.05, 0) is 0 Å². The van der Waals surface area contributed by atoms with E-state index in [0.29, 0.717) is 40.2 Å². The predicted octanol–water partition coefficient (Wildman–Crippen LogP) is 1.83. The quantitative estimate of drug-likeness (QED) is 0.397. The first-order chi connectivity index (χ1) is 17.3. The number of rotatable bonds is 6. The second-order valence-corrected chi connectivity index (χ2v) is 8.28. The maximum atomic E-state index is 12.2. The molecule has 12 nitrogen and oxygen atoms in total. The number of nitrogens with zero attached hydrogens (tertiary/aromatic N) is 4. The molecule has 3 atom stereocenters. The number of carbonyl (C=O) groups is 4. The van der Waals surface area contributed by atoms with Gasteiger partial charge < -0.3 is 19.5 Å². The fourth-order valence-corrected chi connectivity index (χ4v) is 4.27. The van der Waals surface area contributed by atoms with E-state index in [-0.39, 0.29) is 6.61 Å². The molecule has 0 amide bonds. The van der Waals surface area contributed by atoms with Gasteiger partial charge in [0, 0.05) is 37.5 Å². The molecule has 184 valence electrons. The van der Waals surface area contributed by atoms with Crippen LogP contribution in [-0.4, -0.2) is 61.8 Å². The van der Waals surface area contributed by atoms with Gasteiger partial charge in [-0.25, -0.2) is 15.0 Å². The Morgan fingerprint density at radius 2 is 1.89 bits per heavy atom. The molecule has 3 aromatic rings. The summed E-state index contributed by atoms with van der Waals surface area (Å²) in [5.41, 5.74) is 2.12. The van der Waals surface area contributed by atoms with Gasteiger partial charge in [-0.3, -0.25) is 23.7 Å². The Kier molecular flexibility index (Phi) is 6.02. The molecular formula is C24H21N5O7. The molecule has 2 aromatic heterocycles. The van der Waals surface area contributed by atoms with Crippen LogP contribution in [0.4, 0.5) is 5.82 Å². The zero-order valence-electron chi connectivity index (χ0n) is 19.3. The van der Waals surface area contributed by atoms with Crippen LogP contribution in [0, 0.1) is 0 Å². The number of allylic oxidation sites excluding steroid dienone is 1. The summed E-state index contributed by atoms with van der Waals surface area (Å²) in [6, 6.07) is 6.79. The van der Waals surface area contributed by atoms with Crippen molar-refractivity contribution in [3.8, 4) is 0 Å². The van der Waals surface area contributed by atoms with Crippen molar-refractivity contribution in [2.45, 2.75) is 38.7 Å². The van der Waals surface area contributed by atoms with Crippen molar-refractivity contribution < 1.29 is 33.4 Å². The Labute approximate surface area is 204 Å². The molecule has 5 rings (SSSR count). The van der Waals surface area contributed by atoms with Crippen LogP contribution in [-0.2, 0) is 28.6 Å². The van der Waals surface area contributed by atoms with E-state index in [1.54, 1.807) is 28.8 Å². The van der Waals surface area contributed by atoms with Crippen molar-refractivity contribution in [2.75, 3.05) is 11.9 Å². The molecule has 0 saturated carbocycles. The van der Waals surface area contributed by atoms with E-state index in [4.69, 9.17) is 14.2 Å². The van der Waals surface area contributed by atoms with E-state index in [9.17, 15) is 19.2 Å². The second-order valence-electron chi connectivity index (χ2n) is 8.28. The van der Waals surface area contributed by atoms with E-state index in [2.05, 4.69) is 20.3 Å². The number of carbonyl (C=O) groups excluding carboxylic acids is 4. The lowest BCUT2D eigenvalue weighted by Crippen LogP contribution is -2.31. The monoisotopic (exact) mass is 491 g/mol. The van der Waals surface area contributed by atoms with Crippen molar-refractivity contribution in [1.29, 1.82) is 0 Å². The fraction of sp³-hybridized carbons (Fsp3) is 0.292. The SMILES string of the molecule is CC(=O)OC[C@H]1O[C@@H](n2cnc3c(NC4=CC(=O)C(=O)c5ccccc54)ncnc32)C[C@@H]1OC(C)=O. The number of benzene rings is 1. The standard InChI is InChI=1S/C24H21N5O7/c1-12(30)34-9-19-18(35-13(2)31)8-20(36-19)29-11-27-21-23(25-10-26-24(21)29)28-16-7-17(32)22(33)15-6-4-3-5-14(15)16/h3-7,10-11,18-20H,8-9H2,1-2H3,(H,25,26,28)/t18-,19+,20+/m0/s1. The van der Waals surface area contributed by atoms with Gasteiger partial charge in [-0.15, -0.1) is 0 Å². The van der Waals surface area contributed by atoms with E-state index in [1.165, 1.54) is 32.6 Å². The summed E-state index contributed by atoms with van der Waals surface area (Å²) in [6.45, 7) is 2.51. The highest BCUT2D eigenvalue weighted by Gasteiger charge is 2.40. The van der Waals surface area contributed by atoms with Gasteiger partial charge in [0.05, 0.1) is 12.0 Å². The Hall–Kier alpha value is -4.45. The van der Waals surface area contributed by atoms with Crippen LogP contribution in [0.1, 0.15) is 42.4 Å². The van der Waals surface area contributed by atoms with Crippen LogP contribution in [0.2, 0.25) is 0 Å². The molecular weight excluding hydrogens is 470 g/mol. The number of ketones is 2. The first-order valence-corrected chi connectivity index (χ1v) is 11.1. The number of hydrogen-bond acceptors (Lipinski definition) is 11. The highest BCUT2D eigenvalue weighted by Crippen LogP contribution is 2.34. The molecule has 1 N–H and O–H groups in total. The summed E-state index contributed by atoms with van der Waals surface area (Å²) < 4.78 is 18.1. The van der Waals surface area contributed by atoms with Gasteiger partial charge in [0.25, 0.3) is 0 Å². The van der Waals surface area contributed by atoms with Gasteiger partial charge >= 0.3 is 11.9 Å². The number of Topliss-reactive ketones (excluding diaryl/α,β-unsaturated/α-hetero) is 1. The molecule has 12 heteroatoms. The molecule has 1 aliphatic carbocycles. The largest absolute Gasteiger partial charge is 0.463 e. The Bertz CT molecular complexity index is 1430. The number of anilines is 1. The normalized spacial score (nSPS) is 21.2. The summed E-state index contributed by atoms with van der Waals surface area (Å²) in [5, 5.41) is 3.10. The first kappa shape index (κ1) is 23.3. The summed E-state index contributed by atoms with van der Waals surface area (Å²) >= 11 is 0. The minimum absolute atomic E-state index is 0.0709. The summed E-state index contributed by atoms with van der Waals surface area (Å²) in [4.78, 5) is 60.3. The molecule has 1 saturated heterocycles. The Morgan fingerprint density at radius 1 is 1.11 bits per heavy atom. The lowest BCUT2D eigenvalue weighted by atomic mass is 9.93. The number of fused-ring (bicyclic) bond motifs is 2. The van der Waals surface area contributed by atoms with Crippen molar-refractivity contribution in [3.63, 3.8) is 0 Å². The maximum absolute atomic E-state index is 12.2. The first-order valence-electron chi connectivity index (χ1n) is 11.1. The van der Waals surface area contributed by atoms with Crippen molar-refractivity contribution in [1.82, 2.24) is 19.5 Å². The van der Waals surface area contributed by atoms with Crippen molar-refractivity contribution in [3.05, 3.63) is 54.1 Å².